The number of benzene rings is 1. The lowest BCUT2D eigenvalue weighted by Gasteiger charge is -2.08. The first kappa shape index (κ1) is 16.0. The fraction of sp³-hybridized carbons (Fsp3) is 0.286. The molecule has 2 N–H and O–H groups in total. The van der Waals surface area contributed by atoms with Crippen molar-refractivity contribution >= 4 is 23.7 Å². The third-order valence-corrected chi connectivity index (χ3v) is 3.88. The van der Waals surface area contributed by atoms with Crippen LogP contribution < -0.4 is 10.6 Å². The van der Waals surface area contributed by atoms with Crippen LogP contribution in [0.4, 0.5) is 4.79 Å². The van der Waals surface area contributed by atoms with Gasteiger partial charge in [0.15, 0.2) is 5.16 Å². The summed E-state index contributed by atoms with van der Waals surface area (Å²) in [5, 5.41) is 13.3. The van der Waals surface area contributed by atoms with Crippen LogP contribution in [-0.2, 0) is 4.79 Å². The topological polar surface area (TPSA) is 88.9 Å². The monoisotopic (exact) mass is 319 g/mol. The van der Waals surface area contributed by atoms with E-state index in [1.807, 2.05) is 35.8 Å². The van der Waals surface area contributed by atoms with E-state index in [2.05, 4.69) is 20.8 Å². The molecule has 3 amide bonds. The fourth-order valence-electron chi connectivity index (χ4n) is 1.81. The number of carbonyl (C=O) groups excluding carboxylic acids is 2. The summed E-state index contributed by atoms with van der Waals surface area (Å²) >= 11 is 1.42. The van der Waals surface area contributed by atoms with Gasteiger partial charge in [-0.3, -0.25) is 14.7 Å². The Morgan fingerprint density at radius 2 is 2.09 bits per heavy atom. The number of rotatable bonds is 5. The lowest BCUT2D eigenvalue weighted by Crippen LogP contribution is -2.37. The van der Waals surface area contributed by atoms with Gasteiger partial charge in [0.2, 0.25) is 5.91 Å². The van der Waals surface area contributed by atoms with E-state index in [1.165, 1.54) is 18.8 Å². The Hall–Kier alpha value is -2.35. The largest absolute Gasteiger partial charge is 0.341 e. The molecule has 2 rings (SSSR count). The molecule has 116 valence electrons. The zero-order chi connectivity index (χ0) is 15.9. The Morgan fingerprint density at radius 3 is 2.82 bits per heavy atom. The number of urea groups is 1. The number of aromatic nitrogens is 3. The number of hydrogen-bond donors (Lipinski definition) is 2. The summed E-state index contributed by atoms with van der Waals surface area (Å²) < 4.78 is 1.89. The van der Waals surface area contributed by atoms with E-state index < -0.39 is 6.03 Å². The predicted molar refractivity (Wildman–Crippen MR) is 84.0 cm³/mol. The van der Waals surface area contributed by atoms with Crippen LogP contribution in [0.2, 0.25) is 0 Å². The van der Waals surface area contributed by atoms with Crippen molar-refractivity contribution in [3.05, 3.63) is 36.2 Å². The number of thioether (sulfide) groups is 1. The second-order valence-corrected chi connectivity index (χ2v) is 5.56. The second-order valence-electron chi connectivity index (χ2n) is 4.50. The smallest absolute Gasteiger partial charge is 0.321 e. The van der Waals surface area contributed by atoms with Gasteiger partial charge in [0.1, 0.15) is 6.33 Å². The zero-order valence-electron chi connectivity index (χ0n) is 12.4. The molecule has 0 atom stereocenters. The van der Waals surface area contributed by atoms with Crippen LogP contribution in [0.3, 0.4) is 0 Å². The van der Waals surface area contributed by atoms with Crippen LogP contribution in [0.5, 0.6) is 0 Å². The molecule has 0 radical (unpaired) electrons. The molecule has 2 aromatic rings. The maximum Gasteiger partial charge on any atom is 0.321 e. The van der Waals surface area contributed by atoms with E-state index in [0.717, 1.165) is 11.3 Å². The molecule has 0 spiro atoms. The standard InChI is InChI=1S/C14H17N5O2S/c1-10-5-3-4-6-11(10)19-9-16-18-14(19)22-8-7-12(20)17-13(21)15-2/h3-6,9H,7-8H2,1-2H3,(H2,15,17,20,21). The molecule has 0 unspecified atom stereocenters. The van der Waals surface area contributed by atoms with Crippen molar-refractivity contribution in [1.82, 2.24) is 25.4 Å². The van der Waals surface area contributed by atoms with Gasteiger partial charge in [-0.15, -0.1) is 10.2 Å². The molecule has 0 saturated heterocycles. The van der Waals surface area contributed by atoms with Crippen molar-refractivity contribution in [2.45, 2.75) is 18.5 Å². The van der Waals surface area contributed by atoms with Gasteiger partial charge < -0.3 is 5.32 Å². The van der Waals surface area contributed by atoms with Crippen LogP contribution in [0.25, 0.3) is 5.69 Å². The molecular formula is C14H17N5O2S. The second kappa shape index (κ2) is 7.60. The van der Waals surface area contributed by atoms with E-state index in [1.54, 1.807) is 6.33 Å². The van der Waals surface area contributed by atoms with Gasteiger partial charge in [0.25, 0.3) is 0 Å². The average molecular weight is 319 g/mol. The molecule has 0 aliphatic carbocycles. The highest BCUT2D eigenvalue weighted by molar-refractivity contribution is 7.99. The molecule has 1 aromatic heterocycles. The molecule has 7 nitrogen and oxygen atoms in total. The van der Waals surface area contributed by atoms with Crippen molar-refractivity contribution in [3.8, 4) is 5.69 Å². The molecule has 0 bridgehead atoms. The summed E-state index contributed by atoms with van der Waals surface area (Å²) in [4.78, 5) is 22.5. The Labute approximate surface area is 132 Å². The van der Waals surface area contributed by atoms with Gasteiger partial charge in [-0.2, -0.15) is 0 Å². The maximum atomic E-state index is 11.5. The highest BCUT2D eigenvalue weighted by atomic mass is 32.2. The van der Waals surface area contributed by atoms with Crippen LogP contribution in [-0.4, -0.2) is 39.5 Å². The summed E-state index contributed by atoms with van der Waals surface area (Å²) in [5.74, 6) is 0.182. The molecule has 0 saturated carbocycles. The molecule has 8 heteroatoms. The first-order valence-corrected chi connectivity index (χ1v) is 7.70. The lowest BCUT2D eigenvalue weighted by atomic mass is 10.2. The molecule has 0 aliphatic rings. The van der Waals surface area contributed by atoms with Crippen molar-refractivity contribution in [3.63, 3.8) is 0 Å². The fourth-order valence-corrected chi connectivity index (χ4v) is 2.67. The normalized spacial score (nSPS) is 10.3. The third-order valence-electron chi connectivity index (χ3n) is 2.93. The summed E-state index contributed by atoms with van der Waals surface area (Å²) in [7, 11) is 1.46. The number of carbonyl (C=O) groups is 2. The van der Waals surface area contributed by atoms with E-state index in [4.69, 9.17) is 0 Å². The quantitative estimate of drug-likeness (QED) is 0.816. The van der Waals surface area contributed by atoms with Gasteiger partial charge in [-0.05, 0) is 18.6 Å². The lowest BCUT2D eigenvalue weighted by molar-refractivity contribution is -0.119. The number of para-hydroxylation sites is 1. The first-order chi connectivity index (χ1) is 10.6. The van der Waals surface area contributed by atoms with Crippen LogP contribution >= 0.6 is 11.8 Å². The Balaban J connectivity index is 1.95. The molecule has 0 aliphatic heterocycles. The van der Waals surface area contributed by atoms with Crippen LogP contribution in [0, 0.1) is 6.92 Å². The first-order valence-electron chi connectivity index (χ1n) is 6.72. The molecule has 1 heterocycles. The molecule has 22 heavy (non-hydrogen) atoms. The Kier molecular flexibility index (Phi) is 5.54. The minimum absolute atomic E-state index is 0.221. The number of nitrogens with zero attached hydrogens (tertiary/aromatic N) is 3. The number of nitrogens with one attached hydrogen (secondary N) is 2. The van der Waals surface area contributed by atoms with E-state index in [9.17, 15) is 9.59 Å². The Morgan fingerprint density at radius 1 is 1.32 bits per heavy atom. The average Bonchev–Trinajstić information content (AvgIpc) is 2.96. The summed E-state index contributed by atoms with van der Waals surface area (Å²) in [6.07, 6.45) is 1.87. The summed E-state index contributed by atoms with van der Waals surface area (Å²) in [6.45, 7) is 2.01. The van der Waals surface area contributed by atoms with Crippen LogP contribution in [0.15, 0.2) is 35.7 Å². The van der Waals surface area contributed by atoms with E-state index in [-0.39, 0.29) is 12.3 Å². The van der Waals surface area contributed by atoms with E-state index >= 15 is 0 Å². The number of imide groups is 1. The molecular weight excluding hydrogens is 302 g/mol. The highest BCUT2D eigenvalue weighted by Crippen LogP contribution is 2.22. The van der Waals surface area contributed by atoms with Gasteiger partial charge in [-0.1, -0.05) is 30.0 Å². The third kappa shape index (κ3) is 4.08. The minimum atomic E-state index is -0.502. The zero-order valence-corrected chi connectivity index (χ0v) is 13.2. The number of hydrogen-bond acceptors (Lipinski definition) is 5. The molecule has 0 fully saturated rings. The Bertz CT molecular complexity index is 671. The SMILES string of the molecule is CNC(=O)NC(=O)CCSc1nncn1-c1ccccc1C. The highest BCUT2D eigenvalue weighted by Gasteiger charge is 2.11. The van der Waals surface area contributed by atoms with Crippen molar-refractivity contribution in [2.24, 2.45) is 0 Å². The van der Waals surface area contributed by atoms with Gasteiger partial charge >= 0.3 is 6.03 Å². The summed E-state index contributed by atoms with van der Waals surface area (Å²) in [6, 6.07) is 7.42. The number of amides is 3. The van der Waals surface area contributed by atoms with Gasteiger partial charge in [0, 0.05) is 19.2 Å². The predicted octanol–water partition coefficient (Wildman–Crippen LogP) is 1.51. The van der Waals surface area contributed by atoms with Crippen LogP contribution in [0.1, 0.15) is 12.0 Å². The minimum Gasteiger partial charge on any atom is -0.341 e. The van der Waals surface area contributed by atoms with Crippen molar-refractivity contribution in [1.29, 1.82) is 0 Å². The van der Waals surface area contributed by atoms with E-state index in [0.29, 0.717) is 10.9 Å². The number of aryl methyl sites for hydroxylation is 1. The van der Waals surface area contributed by atoms with Crippen molar-refractivity contribution < 1.29 is 9.59 Å². The van der Waals surface area contributed by atoms with Gasteiger partial charge in [0.05, 0.1) is 5.69 Å². The van der Waals surface area contributed by atoms with Crippen molar-refractivity contribution in [2.75, 3.05) is 12.8 Å². The maximum absolute atomic E-state index is 11.5. The summed E-state index contributed by atoms with van der Waals surface area (Å²) in [5.41, 5.74) is 2.12. The molecule has 1 aromatic carbocycles. The van der Waals surface area contributed by atoms with Gasteiger partial charge in [-0.25, -0.2) is 4.79 Å².